The monoisotopic (exact) mass is 332 g/mol. The maximum Gasteiger partial charge on any atom is 0.523 e. The zero-order valence-electron chi connectivity index (χ0n) is 9.79. The molecule has 11 heteroatoms. The first-order valence-electron chi connectivity index (χ1n) is 5.36. The normalized spacial score (nSPS) is 30.4. The maximum atomic E-state index is 12.4. The molecular formula is C9H9F3NO5S2-. The lowest BCUT2D eigenvalue weighted by Crippen LogP contribution is -2.67. The van der Waals surface area contributed by atoms with E-state index >= 15 is 0 Å². The molecule has 1 amide bonds. The Balaban J connectivity index is 2.41. The standard InChI is InChI=1S/C9H10F3NO5S2/c10-9(11,12)20(16,17)18-8-3-1-2-6(4-19-5-8)13(8)7(14)15/h1-2,6H,3-5H2,(H,14,15)/p-1. The van der Waals surface area contributed by atoms with Gasteiger partial charge >= 0.3 is 15.6 Å². The van der Waals surface area contributed by atoms with Crippen LogP contribution in [0.1, 0.15) is 6.42 Å². The van der Waals surface area contributed by atoms with Crippen LogP contribution in [0.4, 0.5) is 18.0 Å². The molecule has 2 aliphatic rings. The van der Waals surface area contributed by atoms with Gasteiger partial charge in [-0.25, -0.2) is 4.18 Å². The molecule has 0 aromatic carbocycles. The predicted molar refractivity (Wildman–Crippen MR) is 60.9 cm³/mol. The van der Waals surface area contributed by atoms with Crippen LogP contribution in [0.25, 0.3) is 0 Å². The second-order valence-electron chi connectivity index (χ2n) is 4.28. The predicted octanol–water partition coefficient (Wildman–Crippen LogP) is 0.269. The van der Waals surface area contributed by atoms with Gasteiger partial charge in [0.1, 0.15) is 6.09 Å². The van der Waals surface area contributed by atoms with E-state index in [1.807, 2.05) is 0 Å². The molecule has 1 fully saturated rings. The van der Waals surface area contributed by atoms with Crippen LogP contribution in [-0.4, -0.2) is 48.2 Å². The van der Waals surface area contributed by atoms with Crippen LogP contribution in [0.2, 0.25) is 0 Å². The zero-order valence-corrected chi connectivity index (χ0v) is 11.4. The highest BCUT2D eigenvalue weighted by Gasteiger charge is 2.56. The zero-order chi connectivity index (χ0) is 15.2. The molecule has 1 saturated heterocycles. The third-order valence-electron chi connectivity index (χ3n) is 2.93. The van der Waals surface area contributed by atoms with E-state index < -0.39 is 33.5 Å². The summed E-state index contributed by atoms with van der Waals surface area (Å²) < 4.78 is 63.8. The molecule has 6 nitrogen and oxygen atoms in total. The van der Waals surface area contributed by atoms with Crippen LogP contribution in [0.5, 0.6) is 0 Å². The number of halogens is 3. The van der Waals surface area contributed by atoms with Crippen LogP contribution in [-0.2, 0) is 14.3 Å². The van der Waals surface area contributed by atoms with Crippen molar-refractivity contribution in [3.8, 4) is 0 Å². The van der Waals surface area contributed by atoms with E-state index in [-0.39, 0.29) is 12.2 Å². The average molecular weight is 332 g/mol. The minimum atomic E-state index is -5.90. The van der Waals surface area contributed by atoms with E-state index in [0.29, 0.717) is 10.7 Å². The molecule has 0 saturated carbocycles. The molecule has 20 heavy (non-hydrogen) atoms. The molecule has 0 aromatic rings. The van der Waals surface area contributed by atoms with Gasteiger partial charge in [0.05, 0.1) is 6.04 Å². The summed E-state index contributed by atoms with van der Waals surface area (Å²) in [6.07, 6.45) is 0.830. The highest BCUT2D eigenvalue weighted by Crippen LogP contribution is 2.41. The fourth-order valence-corrected chi connectivity index (χ4v) is 4.18. The molecule has 2 unspecified atom stereocenters. The third-order valence-corrected chi connectivity index (χ3v) is 5.26. The van der Waals surface area contributed by atoms with Crippen LogP contribution < -0.4 is 5.11 Å². The average Bonchev–Trinajstić information content (AvgIpc) is 2.24. The second-order valence-corrected chi connectivity index (χ2v) is 6.85. The summed E-state index contributed by atoms with van der Waals surface area (Å²) >= 11 is 1.12. The molecule has 0 radical (unpaired) electrons. The van der Waals surface area contributed by atoms with Crippen molar-refractivity contribution in [2.24, 2.45) is 0 Å². The van der Waals surface area contributed by atoms with E-state index in [0.717, 1.165) is 11.8 Å². The largest absolute Gasteiger partial charge is 0.530 e. The maximum absolute atomic E-state index is 12.4. The summed E-state index contributed by atoms with van der Waals surface area (Å²) in [6.45, 7) is 0. The Morgan fingerprint density at radius 1 is 1.50 bits per heavy atom. The lowest BCUT2D eigenvalue weighted by atomic mass is 10.0. The lowest BCUT2D eigenvalue weighted by molar-refractivity contribution is -0.282. The van der Waals surface area contributed by atoms with Gasteiger partial charge < -0.3 is 14.8 Å². The summed E-state index contributed by atoms with van der Waals surface area (Å²) in [5, 5.41) is 11.1. The lowest BCUT2D eigenvalue weighted by Gasteiger charge is -2.52. The number of carbonyl (C=O) groups is 1. The fraction of sp³-hybridized carbons (Fsp3) is 0.667. The van der Waals surface area contributed by atoms with Gasteiger partial charge in [-0.15, -0.1) is 0 Å². The first-order valence-corrected chi connectivity index (χ1v) is 7.92. The topological polar surface area (TPSA) is 86.7 Å². The first-order chi connectivity index (χ1) is 9.09. The molecule has 2 heterocycles. The minimum absolute atomic E-state index is 0.225. The van der Waals surface area contributed by atoms with Crippen molar-refractivity contribution < 1.29 is 35.7 Å². The summed E-state index contributed by atoms with van der Waals surface area (Å²) in [7, 11) is -5.90. The Morgan fingerprint density at radius 2 is 2.15 bits per heavy atom. The van der Waals surface area contributed by atoms with Crippen molar-refractivity contribution in [2.45, 2.75) is 23.7 Å². The van der Waals surface area contributed by atoms with Crippen molar-refractivity contribution in [2.75, 3.05) is 11.5 Å². The molecule has 0 aromatic heterocycles. The van der Waals surface area contributed by atoms with Crippen LogP contribution >= 0.6 is 11.8 Å². The number of hydrogen-bond acceptors (Lipinski definition) is 6. The van der Waals surface area contributed by atoms with Crippen LogP contribution in [0.3, 0.4) is 0 Å². The van der Waals surface area contributed by atoms with E-state index in [1.54, 1.807) is 0 Å². The fourth-order valence-electron chi connectivity index (χ4n) is 2.15. The molecule has 0 aliphatic carbocycles. The summed E-state index contributed by atoms with van der Waals surface area (Å²) in [5.74, 6) is 0.0682. The number of amides is 1. The number of thioether (sulfide) groups is 1. The SMILES string of the molecule is O=C([O-])N1C2C=CCC1(OS(=O)(=O)C(F)(F)F)CSC2. The quantitative estimate of drug-likeness (QED) is 0.410. The molecule has 2 atom stereocenters. The molecule has 0 N–H and O–H groups in total. The molecule has 2 aliphatic heterocycles. The van der Waals surface area contributed by atoms with Crippen molar-refractivity contribution in [1.82, 2.24) is 4.90 Å². The molecule has 2 rings (SSSR count). The summed E-state index contributed by atoms with van der Waals surface area (Å²) in [6, 6.07) is -0.768. The molecule has 0 spiro atoms. The number of nitrogens with zero attached hydrogens (tertiary/aromatic N) is 1. The van der Waals surface area contributed by atoms with Gasteiger partial charge in [0.2, 0.25) is 0 Å². The minimum Gasteiger partial charge on any atom is -0.530 e. The van der Waals surface area contributed by atoms with Gasteiger partial charge in [-0.3, -0.25) is 0 Å². The van der Waals surface area contributed by atoms with Crippen LogP contribution in [0.15, 0.2) is 12.2 Å². The smallest absolute Gasteiger partial charge is 0.523 e. The van der Waals surface area contributed by atoms with Gasteiger partial charge in [0, 0.05) is 17.9 Å². The van der Waals surface area contributed by atoms with Gasteiger partial charge in [-0.1, -0.05) is 12.2 Å². The number of alkyl halides is 3. The molecule has 2 bridgehead atoms. The summed E-state index contributed by atoms with van der Waals surface area (Å²) in [4.78, 5) is 11.7. The van der Waals surface area contributed by atoms with Crippen LogP contribution in [0, 0.1) is 0 Å². The van der Waals surface area contributed by atoms with Gasteiger partial charge in [0.25, 0.3) is 0 Å². The first kappa shape index (κ1) is 15.4. The Morgan fingerprint density at radius 3 is 2.70 bits per heavy atom. The van der Waals surface area contributed by atoms with Crippen molar-refractivity contribution in [1.29, 1.82) is 0 Å². The Kier molecular flexibility index (Phi) is 3.71. The van der Waals surface area contributed by atoms with Gasteiger partial charge in [-0.05, 0) is 0 Å². The highest BCUT2D eigenvalue weighted by atomic mass is 32.2. The molecular weight excluding hydrogens is 323 g/mol. The van der Waals surface area contributed by atoms with Crippen molar-refractivity contribution >= 4 is 28.0 Å². The van der Waals surface area contributed by atoms with Crippen molar-refractivity contribution in [3.05, 3.63) is 12.2 Å². The Labute approximate surface area is 116 Å². The van der Waals surface area contributed by atoms with E-state index in [1.165, 1.54) is 12.2 Å². The van der Waals surface area contributed by atoms with E-state index in [2.05, 4.69) is 4.18 Å². The number of carboxylic acid groups (broad SMARTS) is 1. The highest BCUT2D eigenvalue weighted by molar-refractivity contribution is 7.99. The molecule has 114 valence electrons. The van der Waals surface area contributed by atoms with Gasteiger partial charge in [0.15, 0.2) is 5.72 Å². The summed E-state index contributed by atoms with van der Waals surface area (Å²) in [5.41, 5.74) is -7.71. The Bertz CT molecular complexity index is 546. The Hall–Kier alpha value is -0.940. The van der Waals surface area contributed by atoms with E-state index in [4.69, 9.17) is 0 Å². The third kappa shape index (κ3) is 2.49. The second kappa shape index (κ2) is 4.81. The van der Waals surface area contributed by atoms with E-state index in [9.17, 15) is 31.5 Å². The number of fused-ring (bicyclic) bond motifs is 2. The number of carbonyl (C=O) groups excluding carboxylic acids is 1. The number of rotatable bonds is 2. The van der Waals surface area contributed by atoms with Crippen molar-refractivity contribution in [3.63, 3.8) is 0 Å². The number of hydrogen-bond donors (Lipinski definition) is 0. The van der Waals surface area contributed by atoms with Gasteiger partial charge in [-0.2, -0.15) is 33.4 Å².